The minimum atomic E-state index is -1.74. The van der Waals surface area contributed by atoms with Crippen LogP contribution >= 0.6 is 0 Å². The molecule has 4 rings (SSSR count). The lowest BCUT2D eigenvalue weighted by Gasteiger charge is -2.62. The predicted molar refractivity (Wildman–Crippen MR) is 96.0 cm³/mol. The molecule has 2 fully saturated rings. The Labute approximate surface area is 151 Å². The van der Waals surface area contributed by atoms with Crippen molar-refractivity contribution in [2.75, 3.05) is 6.54 Å². The second kappa shape index (κ2) is 6.34. The number of nitrogens with zero attached hydrogens (tertiary/aromatic N) is 2. The smallest absolute Gasteiger partial charge is 0.423 e. The number of rotatable bonds is 4. The molecule has 1 aliphatic heterocycles. The van der Waals surface area contributed by atoms with Crippen molar-refractivity contribution in [3.05, 3.63) is 59.4 Å². The maximum Gasteiger partial charge on any atom is 0.489 e. The van der Waals surface area contributed by atoms with Crippen LogP contribution in [0.4, 0.5) is 0 Å². The quantitative estimate of drug-likeness (QED) is 0.633. The average molecular weight is 350 g/mol. The molecule has 2 aromatic rings. The molecule has 7 heteroatoms. The van der Waals surface area contributed by atoms with Crippen molar-refractivity contribution in [2.24, 2.45) is 5.41 Å². The topological polar surface area (TPSA) is 90.7 Å². The van der Waals surface area contributed by atoms with Crippen LogP contribution in [0.25, 0.3) is 0 Å². The van der Waals surface area contributed by atoms with E-state index in [-0.39, 0.29) is 28.4 Å². The molecular weight excluding hydrogens is 331 g/mol. The first-order chi connectivity index (χ1) is 12.6. The van der Waals surface area contributed by atoms with E-state index >= 15 is 0 Å². The van der Waals surface area contributed by atoms with Gasteiger partial charge >= 0.3 is 7.12 Å². The third-order valence-electron chi connectivity index (χ3n) is 5.75. The third kappa shape index (κ3) is 2.55. The first kappa shape index (κ1) is 16.9. The Bertz CT molecular complexity index is 852. The number of carbonyl (C=O) groups is 2. The third-order valence-corrected chi connectivity index (χ3v) is 5.75. The minimum Gasteiger partial charge on any atom is -0.423 e. The summed E-state index contributed by atoms with van der Waals surface area (Å²) in [7, 11) is -1.74. The van der Waals surface area contributed by atoms with Crippen molar-refractivity contribution in [3.8, 4) is 0 Å². The molecule has 132 valence electrons. The lowest BCUT2D eigenvalue weighted by molar-refractivity contribution is -0.105. The highest BCUT2D eigenvalue weighted by Crippen LogP contribution is 2.60. The molecule has 2 aliphatic rings. The second-order valence-corrected chi connectivity index (χ2v) is 7.17. The van der Waals surface area contributed by atoms with Gasteiger partial charge in [0.2, 0.25) is 0 Å². The molecule has 1 unspecified atom stereocenters. The monoisotopic (exact) mass is 350 g/mol. The molecule has 0 bridgehead atoms. The molecule has 1 saturated carbocycles. The van der Waals surface area contributed by atoms with E-state index in [1.165, 1.54) is 18.6 Å². The van der Waals surface area contributed by atoms with Gasteiger partial charge in [-0.15, -0.1) is 0 Å². The van der Waals surface area contributed by atoms with Gasteiger partial charge < -0.3 is 14.9 Å². The number of pyridine rings is 1. The number of hydrogen-bond acceptors (Lipinski definition) is 5. The van der Waals surface area contributed by atoms with Gasteiger partial charge in [-0.1, -0.05) is 12.5 Å². The fourth-order valence-electron chi connectivity index (χ4n) is 4.28. The molecule has 1 aliphatic carbocycles. The Morgan fingerprint density at radius 3 is 2.54 bits per heavy atom. The maximum absolute atomic E-state index is 13.1. The number of benzene rings is 1. The van der Waals surface area contributed by atoms with Crippen LogP contribution in [0.5, 0.6) is 0 Å². The van der Waals surface area contributed by atoms with Gasteiger partial charge in [-0.05, 0) is 48.1 Å². The van der Waals surface area contributed by atoms with E-state index in [2.05, 4.69) is 4.98 Å². The van der Waals surface area contributed by atoms with Crippen molar-refractivity contribution in [3.63, 3.8) is 0 Å². The lowest BCUT2D eigenvalue weighted by Crippen LogP contribution is -2.63. The Kier molecular flexibility index (Phi) is 4.13. The van der Waals surface area contributed by atoms with Gasteiger partial charge in [0.05, 0.1) is 6.04 Å². The molecule has 2 heterocycles. The second-order valence-electron chi connectivity index (χ2n) is 7.17. The van der Waals surface area contributed by atoms with E-state index in [9.17, 15) is 19.6 Å². The summed E-state index contributed by atoms with van der Waals surface area (Å²) in [6, 6.07) is 8.31. The Hall–Kier alpha value is -2.51. The zero-order chi connectivity index (χ0) is 18.3. The van der Waals surface area contributed by atoms with Crippen molar-refractivity contribution in [1.82, 2.24) is 9.88 Å². The molecule has 1 spiro atoms. The van der Waals surface area contributed by atoms with Crippen LogP contribution in [0.2, 0.25) is 0 Å². The van der Waals surface area contributed by atoms with Crippen LogP contribution in [0.15, 0.2) is 42.7 Å². The van der Waals surface area contributed by atoms with Crippen molar-refractivity contribution >= 4 is 24.8 Å². The van der Waals surface area contributed by atoms with Crippen LogP contribution in [-0.2, 0) is 0 Å². The van der Waals surface area contributed by atoms with Gasteiger partial charge in [0.15, 0.2) is 0 Å². The van der Waals surface area contributed by atoms with Crippen LogP contribution in [-0.4, -0.2) is 45.8 Å². The maximum atomic E-state index is 13.1. The summed E-state index contributed by atoms with van der Waals surface area (Å²) in [5.74, 6) is -0.147. The number of carbonyl (C=O) groups excluding carboxylic acids is 2. The summed E-state index contributed by atoms with van der Waals surface area (Å²) >= 11 is 0. The van der Waals surface area contributed by atoms with E-state index in [1.54, 1.807) is 18.5 Å². The summed E-state index contributed by atoms with van der Waals surface area (Å²) in [5, 5.41) is 18.7. The standard InChI is InChI=1S/C19H19BN2O4/c23-11-15-10-14(2-3-16(15)20(25)26)18(24)22-12-19(6-1-7-19)17(22)13-4-8-21-9-5-13/h2-5,8-11,17,25-26H,1,6-7,12H2. The highest BCUT2D eigenvalue weighted by molar-refractivity contribution is 6.60. The Morgan fingerprint density at radius 1 is 1.23 bits per heavy atom. The molecule has 2 N–H and O–H groups in total. The van der Waals surface area contributed by atoms with Crippen molar-refractivity contribution < 1.29 is 19.6 Å². The number of likely N-dealkylation sites (tertiary alicyclic amines) is 1. The molecule has 1 amide bonds. The first-order valence-corrected chi connectivity index (χ1v) is 8.72. The summed E-state index contributed by atoms with van der Waals surface area (Å²) in [6.45, 7) is 0.708. The normalized spacial score (nSPS) is 20.2. The zero-order valence-corrected chi connectivity index (χ0v) is 14.2. The zero-order valence-electron chi connectivity index (χ0n) is 14.2. The molecule has 26 heavy (non-hydrogen) atoms. The van der Waals surface area contributed by atoms with Gasteiger partial charge in [0.1, 0.15) is 6.29 Å². The van der Waals surface area contributed by atoms with Crippen LogP contribution in [0.3, 0.4) is 0 Å². The molecule has 1 saturated heterocycles. The fraction of sp³-hybridized carbons (Fsp3) is 0.316. The fourth-order valence-corrected chi connectivity index (χ4v) is 4.28. The summed E-state index contributed by atoms with van der Waals surface area (Å²) in [6.07, 6.45) is 7.42. The van der Waals surface area contributed by atoms with E-state index in [4.69, 9.17) is 0 Å². The molecule has 1 aromatic heterocycles. The first-order valence-electron chi connectivity index (χ1n) is 8.72. The van der Waals surface area contributed by atoms with Crippen LogP contribution in [0.1, 0.15) is 51.6 Å². The highest BCUT2D eigenvalue weighted by atomic mass is 16.4. The molecule has 1 atom stereocenters. The summed E-state index contributed by atoms with van der Waals surface area (Å²) in [5.41, 5.74) is 1.83. The minimum absolute atomic E-state index is 0.0227. The van der Waals surface area contributed by atoms with E-state index in [0.29, 0.717) is 18.4 Å². The molecule has 1 aromatic carbocycles. The highest BCUT2D eigenvalue weighted by Gasteiger charge is 2.57. The lowest BCUT2D eigenvalue weighted by atomic mass is 9.56. The van der Waals surface area contributed by atoms with Gasteiger partial charge in [0, 0.05) is 35.5 Å². The number of aromatic nitrogens is 1. The van der Waals surface area contributed by atoms with E-state index < -0.39 is 7.12 Å². The van der Waals surface area contributed by atoms with Gasteiger partial charge in [0.25, 0.3) is 5.91 Å². The molecule has 6 nitrogen and oxygen atoms in total. The number of aldehydes is 1. The Morgan fingerprint density at radius 2 is 1.96 bits per heavy atom. The van der Waals surface area contributed by atoms with Gasteiger partial charge in [-0.3, -0.25) is 14.6 Å². The predicted octanol–water partition coefficient (Wildman–Crippen LogP) is 0.941. The van der Waals surface area contributed by atoms with Crippen LogP contribution < -0.4 is 5.46 Å². The SMILES string of the molecule is O=Cc1cc(C(=O)N2CC3(CCC3)C2c2ccncc2)ccc1B(O)O. The Balaban J connectivity index is 1.65. The van der Waals surface area contributed by atoms with Gasteiger partial charge in [-0.2, -0.15) is 0 Å². The molecular formula is C19H19BN2O4. The average Bonchev–Trinajstić information content (AvgIpc) is 2.59. The summed E-state index contributed by atoms with van der Waals surface area (Å²) in [4.78, 5) is 30.2. The van der Waals surface area contributed by atoms with Crippen molar-refractivity contribution in [1.29, 1.82) is 0 Å². The summed E-state index contributed by atoms with van der Waals surface area (Å²) < 4.78 is 0. The van der Waals surface area contributed by atoms with Gasteiger partial charge in [-0.25, -0.2) is 0 Å². The van der Waals surface area contributed by atoms with Crippen molar-refractivity contribution in [2.45, 2.75) is 25.3 Å². The largest absolute Gasteiger partial charge is 0.489 e. The number of amides is 1. The van der Waals surface area contributed by atoms with Crippen LogP contribution in [0, 0.1) is 5.41 Å². The van der Waals surface area contributed by atoms with E-state index in [1.807, 2.05) is 17.0 Å². The molecule has 0 radical (unpaired) electrons. The number of hydrogen-bond donors (Lipinski definition) is 2. The van der Waals surface area contributed by atoms with E-state index in [0.717, 1.165) is 18.4 Å².